The van der Waals surface area contributed by atoms with Crippen molar-refractivity contribution < 1.29 is 18.7 Å². The van der Waals surface area contributed by atoms with Crippen molar-refractivity contribution in [3.8, 4) is 5.75 Å². The minimum atomic E-state index is -1.29. The molecule has 0 radical (unpaired) electrons. The van der Waals surface area contributed by atoms with Crippen molar-refractivity contribution in [3.05, 3.63) is 29.6 Å². The maximum absolute atomic E-state index is 14.0. The number of hydrogen-bond acceptors (Lipinski definition) is 4. The molecule has 28 heavy (non-hydrogen) atoms. The third-order valence-corrected chi connectivity index (χ3v) is 5.56. The van der Waals surface area contributed by atoms with Gasteiger partial charge in [0.25, 0.3) is 5.91 Å². The van der Waals surface area contributed by atoms with Crippen LogP contribution in [0.1, 0.15) is 53.5 Å². The molecule has 1 saturated heterocycles. The first-order valence-electron chi connectivity index (χ1n) is 9.86. The zero-order chi connectivity index (χ0) is 20.9. The Hall–Kier alpha value is -2.15. The van der Waals surface area contributed by atoms with Gasteiger partial charge in [0.2, 0.25) is 0 Å². The van der Waals surface area contributed by atoms with Crippen LogP contribution in [0.5, 0.6) is 5.75 Å². The molecule has 1 spiro atoms. The van der Waals surface area contributed by atoms with Crippen LogP contribution in [0.2, 0.25) is 0 Å². The molecular formula is C21H30FN3O3. The van der Waals surface area contributed by atoms with Gasteiger partial charge in [-0.3, -0.25) is 14.6 Å². The molecule has 0 aromatic heterocycles. The van der Waals surface area contributed by atoms with Crippen molar-refractivity contribution in [1.29, 1.82) is 0 Å². The molecule has 154 valence electrons. The van der Waals surface area contributed by atoms with Crippen LogP contribution >= 0.6 is 0 Å². The van der Waals surface area contributed by atoms with E-state index in [0.29, 0.717) is 29.9 Å². The lowest BCUT2D eigenvalue weighted by atomic mass is 9.77. The Morgan fingerprint density at radius 3 is 2.46 bits per heavy atom. The Kier molecular flexibility index (Phi) is 5.17. The average Bonchev–Trinajstić information content (AvgIpc) is 2.79. The zero-order valence-electron chi connectivity index (χ0n) is 17.5. The number of benzene rings is 1. The predicted octanol–water partition coefficient (Wildman–Crippen LogP) is 3.25. The zero-order valence-corrected chi connectivity index (χ0v) is 17.5. The van der Waals surface area contributed by atoms with Crippen LogP contribution in [-0.4, -0.2) is 52.5 Å². The van der Waals surface area contributed by atoms with Crippen molar-refractivity contribution in [2.45, 2.75) is 71.2 Å². The lowest BCUT2D eigenvalue weighted by molar-refractivity contribution is -0.135. The number of urea groups is 1. The van der Waals surface area contributed by atoms with Gasteiger partial charge in [0.05, 0.1) is 0 Å². The summed E-state index contributed by atoms with van der Waals surface area (Å²) < 4.78 is 19.9. The first-order valence-corrected chi connectivity index (χ1v) is 9.86. The Labute approximate surface area is 166 Å². The number of imide groups is 1. The van der Waals surface area contributed by atoms with Gasteiger partial charge in [-0.2, -0.15) is 0 Å². The fourth-order valence-electron chi connectivity index (χ4n) is 4.45. The summed E-state index contributed by atoms with van der Waals surface area (Å²) in [5, 5.41) is 2.86. The van der Waals surface area contributed by atoms with E-state index in [0.717, 1.165) is 0 Å². The van der Waals surface area contributed by atoms with Gasteiger partial charge in [-0.1, -0.05) is 0 Å². The summed E-state index contributed by atoms with van der Waals surface area (Å²) >= 11 is 0. The highest BCUT2D eigenvalue weighted by Crippen LogP contribution is 2.46. The number of amides is 3. The molecule has 0 bridgehead atoms. The van der Waals surface area contributed by atoms with Gasteiger partial charge in [-0.25, -0.2) is 9.18 Å². The monoisotopic (exact) mass is 391 g/mol. The number of halogens is 1. The number of nitrogens with zero attached hydrogens (tertiary/aromatic N) is 2. The summed E-state index contributed by atoms with van der Waals surface area (Å²) in [5.41, 5.74) is -1.58. The fraction of sp³-hybridized carbons (Fsp3) is 0.619. The van der Waals surface area contributed by atoms with Crippen LogP contribution in [0.4, 0.5) is 9.18 Å². The topological polar surface area (TPSA) is 61.9 Å². The quantitative estimate of drug-likeness (QED) is 0.783. The second kappa shape index (κ2) is 7.03. The first-order chi connectivity index (χ1) is 13.0. The Balaban J connectivity index is 1.93. The summed E-state index contributed by atoms with van der Waals surface area (Å²) in [7, 11) is 0. The van der Waals surface area contributed by atoms with Gasteiger partial charge in [0, 0.05) is 37.2 Å². The molecule has 1 fully saturated rings. The average molecular weight is 391 g/mol. The molecule has 3 amide bonds. The SMILES string of the molecule is CC(C)N(CCN1C(=O)NC2(CC(C)(C)Oc3ccc(F)cc32)C1=O)C(C)C. The van der Waals surface area contributed by atoms with Gasteiger partial charge in [-0.05, 0) is 59.7 Å². The Morgan fingerprint density at radius 1 is 1.21 bits per heavy atom. The van der Waals surface area contributed by atoms with Crippen molar-refractivity contribution >= 4 is 11.9 Å². The standard InChI is InChI=1S/C21H30FN3O3/c1-13(2)24(14(3)4)9-10-25-18(26)21(23-19(25)27)12-20(5,6)28-17-8-7-15(22)11-16(17)21/h7-8,11,13-14H,9-10,12H2,1-6H3,(H,23,27). The van der Waals surface area contributed by atoms with Crippen LogP contribution in [-0.2, 0) is 10.3 Å². The van der Waals surface area contributed by atoms with E-state index in [1.165, 1.54) is 23.1 Å². The van der Waals surface area contributed by atoms with E-state index in [9.17, 15) is 14.0 Å². The van der Waals surface area contributed by atoms with E-state index in [-0.39, 0.29) is 18.9 Å². The van der Waals surface area contributed by atoms with Gasteiger partial charge in [0.15, 0.2) is 5.54 Å². The molecule has 1 atom stereocenters. The molecule has 1 N–H and O–H groups in total. The highest BCUT2D eigenvalue weighted by molar-refractivity contribution is 6.08. The van der Waals surface area contributed by atoms with Crippen LogP contribution in [0, 0.1) is 5.82 Å². The maximum atomic E-state index is 14.0. The van der Waals surface area contributed by atoms with Crippen molar-refractivity contribution in [2.75, 3.05) is 13.1 Å². The molecule has 6 nitrogen and oxygen atoms in total. The molecular weight excluding hydrogens is 361 g/mol. The summed E-state index contributed by atoms with van der Waals surface area (Å²) in [6, 6.07) is 4.27. The first kappa shape index (κ1) is 20.6. The molecule has 1 aromatic carbocycles. The molecule has 1 unspecified atom stereocenters. The van der Waals surface area contributed by atoms with E-state index in [2.05, 4.69) is 37.9 Å². The number of carbonyl (C=O) groups excluding carboxylic acids is 2. The van der Waals surface area contributed by atoms with Crippen molar-refractivity contribution in [1.82, 2.24) is 15.1 Å². The van der Waals surface area contributed by atoms with E-state index in [4.69, 9.17) is 4.74 Å². The molecule has 0 saturated carbocycles. The normalized spacial score (nSPS) is 23.6. The second-order valence-electron chi connectivity index (χ2n) is 8.90. The lowest BCUT2D eigenvalue weighted by Crippen LogP contribution is -2.54. The number of nitrogens with one attached hydrogen (secondary N) is 1. The van der Waals surface area contributed by atoms with Crippen molar-refractivity contribution in [2.24, 2.45) is 0 Å². The van der Waals surface area contributed by atoms with Gasteiger partial charge in [-0.15, -0.1) is 0 Å². The van der Waals surface area contributed by atoms with Gasteiger partial charge >= 0.3 is 6.03 Å². The highest BCUT2D eigenvalue weighted by atomic mass is 19.1. The van der Waals surface area contributed by atoms with E-state index in [1.54, 1.807) is 0 Å². The lowest BCUT2D eigenvalue weighted by Gasteiger charge is -2.42. The smallest absolute Gasteiger partial charge is 0.325 e. The predicted molar refractivity (Wildman–Crippen MR) is 105 cm³/mol. The molecule has 1 aromatic rings. The molecule has 7 heteroatoms. The largest absolute Gasteiger partial charge is 0.487 e. The Morgan fingerprint density at radius 2 is 1.86 bits per heavy atom. The van der Waals surface area contributed by atoms with Crippen molar-refractivity contribution in [3.63, 3.8) is 0 Å². The highest BCUT2D eigenvalue weighted by Gasteiger charge is 2.58. The van der Waals surface area contributed by atoms with Gasteiger partial charge < -0.3 is 10.1 Å². The van der Waals surface area contributed by atoms with Crippen LogP contribution in [0.25, 0.3) is 0 Å². The number of ether oxygens (including phenoxy) is 1. The molecule has 2 aliphatic rings. The second-order valence-corrected chi connectivity index (χ2v) is 8.90. The summed E-state index contributed by atoms with van der Waals surface area (Å²) in [6.45, 7) is 13.0. The van der Waals surface area contributed by atoms with E-state index >= 15 is 0 Å². The third kappa shape index (κ3) is 3.48. The van der Waals surface area contributed by atoms with Crippen LogP contribution < -0.4 is 10.1 Å². The Bertz CT molecular complexity index is 785. The summed E-state index contributed by atoms with van der Waals surface area (Å²) in [6.07, 6.45) is 0.246. The summed E-state index contributed by atoms with van der Waals surface area (Å²) in [5.74, 6) is -0.375. The van der Waals surface area contributed by atoms with Crippen LogP contribution in [0.3, 0.4) is 0 Å². The number of rotatable bonds is 5. The van der Waals surface area contributed by atoms with E-state index in [1.807, 2.05) is 13.8 Å². The maximum Gasteiger partial charge on any atom is 0.325 e. The number of fused-ring (bicyclic) bond motifs is 2. The fourth-order valence-corrected chi connectivity index (χ4v) is 4.45. The third-order valence-electron chi connectivity index (χ3n) is 5.56. The van der Waals surface area contributed by atoms with Gasteiger partial charge in [0.1, 0.15) is 17.2 Å². The minimum Gasteiger partial charge on any atom is -0.487 e. The number of carbonyl (C=O) groups is 2. The molecule has 2 heterocycles. The summed E-state index contributed by atoms with van der Waals surface area (Å²) in [4.78, 5) is 29.7. The molecule has 3 rings (SSSR count). The minimum absolute atomic E-state index is 0.246. The number of hydrogen-bond donors (Lipinski definition) is 1. The van der Waals surface area contributed by atoms with Crippen LogP contribution in [0.15, 0.2) is 18.2 Å². The molecule has 0 aliphatic carbocycles. The van der Waals surface area contributed by atoms with E-state index < -0.39 is 23.0 Å². The molecule has 2 aliphatic heterocycles.